The van der Waals surface area contributed by atoms with E-state index in [0.717, 1.165) is 0 Å². The normalized spacial score (nSPS) is 14.5. The van der Waals surface area contributed by atoms with Gasteiger partial charge in [0.2, 0.25) is 11.8 Å². The molecule has 6 nitrogen and oxygen atoms in total. The van der Waals surface area contributed by atoms with Crippen LogP contribution in [0.25, 0.3) is 0 Å². The van der Waals surface area contributed by atoms with E-state index in [1.165, 1.54) is 18.2 Å². The standard InChI is InChI=1S/C21H22FN3O3/c22-18-7-1-4-15(12-18)13-19(26)24-8-3-9-25(11-10-24)21(28)17-6-2-5-16(14-17)20(23)27/h1-2,4-7,12,14H,3,8-11,13H2,(H2,23,27). The van der Waals surface area contributed by atoms with Crippen LogP contribution in [0.4, 0.5) is 4.39 Å². The smallest absolute Gasteiger partial charge is 0.253 e. The molecule has 2 N–H and O–H groups in total. The Morgan fingerprint density at radius 2 is 1.57 bits per heavy atom. The number of carbonyl (C=O) groups excluding carboxylic acids is 3. The van der Waals surface area contributed by atoms with E-state index in [0.29, 0.717) is 43.7 Å². The lowest BCUT2D eigenvalue weighted by Crippen LogP contribution is -2.38. The van der Waals surface area contributed by atoms with Gasteiger partial charge in [0.15, 0.2) is 0 Å². The number of carbonyl (C=O) groups is 3. The summed E-state index contributed by atoms with van der Waals surface area (Å²) in [7, 11) is 0. The summed E-state index contributed by atoms with van der Waals surface area (Å²) in [6.07, 6.45) is 0.780. The monoisotopic (exact) mass is 383 g/mol. The molecule has 3 amide bonds. The van der Waals surface area contributed by atoms with Crippen molar-refractivity contribution in [2.45, 2.75) is 12.8 Å². The summed E-state index contributed by atoms with van der Waals surface area (Å²) < 4.78 is 13.3. The molecule has 1 saturated heterocycles. The minimum Gasteiger partial charge on any atom is -0.366 e. The van der Waals surface area contributed by atoms with Crippen LogP contribution in [-0.4, -0.2) is 53.7 Å². The van der Waals surface area contributed by atoms with E-state index in [1.807, 2.05) is 0 Å². The highest BCUT2D eigenvalue weighted by Gasteiger charge is 2.23. The highest BCUT2D eigenvalue weighted by atomic mass is 19.1. The Hall–Kier alpha value is -3.22. The number of hydrogen-bond acceptors (Lipinski definition) is 3. The third-order valence-corrected chi connectivity index (χ3v) is 4.77. The fourth-order valence-corrected chi connectivity index (χ4v) is 3.29. The lowest BCUT2D eigenvalue weighted by molar-refractivity contribution is -0.130. The topological polar surface area (TPSA) is 83.7 Å². The van der Waals surface area contributed by atoms with E-state index < -0.39 is 5.91 Å². The Kier molecular flexibility index (Phi) is 6.03. The lowest BCUT2D eigenvalue weighted by Gasteiger charge is -2.22. The van der Waals surface area contributed by atoms with Crippen molar-refractivity contribution in [3.05, 3.63) is 71.0 Å². The van der Waals surface area contributed by atoms with E-state index in [4.69, 9.17) is 5.73 Å². The zero-order valence-electron chi connectivity index (χ0n) is 15.4. The lowest BCUT2D eigenvalue weighted by atomic mass is 10.1. The second kappa shape index (κ2) is 8.65. The third kappa shape index (κ3) is 4.73. The van der Waals surface area contributed by atoms with Gasteiger partial charge in [-0.2, -0.15) is 0 Å². The van der Waals surface area contributed by atoms with Crippen molar-refractivity contribution in [1.29, 1.82) is 0 Å². The van der Waals surface area contributed by atoms with Gasteiger partial charge in [-0.1, -0.05) is 18.2 Å². The molecule has 146 valence electrons. The molecule has 0 radical (unpaired) electrons. The van der Waals surface area contributed by atoms with Crippen LogP contribution in [0.2, 0.25) is 0 Å². The van der Waals surface area contributed by atoms with Gasteiger partial charge in [0.05, 0.1) is 6.42 Å². The summed E-state index contributed by atoms with van der Waals surface area (Å²) in [6.45, 7) is 1.87. The van der Waals surface area contributed by atoms with Gasteiger partial charge >= 0.3 is 0 Å². The molecular weight excluding hydrogens is 361 g/mol. The van der Waals surface area contributed by atoms with E-state index in [9.17, 15) is 18.8 Å². The first-order valence-electron chi connectivity index (χ1n) is 9.15. The number of primary amides is 1. The molecule has 28 heavy (non-hydrogen) atoms. The Bertz CT molecular complexity index is 900. The SMILES string of the molecule is NC(=O)c1cccc(C(=O)N2CCCN(C(=O)Cc3cccc(F)c3)CC2)c1. The molecule has 0 aliphatic carbocycles. The van der Waals surface area contributed by atoms with Gasteiger partial charge in [0, 0.05) is 37.3 Å². The van der Waals surface area contributed by atoms with Crippen molar-refractivity contribution >= 4 is 17.7 Å². The predicted octanol–water partition coefficient (Wildman–Crippen LogP) is 1.84. The summed E-state index contributed by atoms with van der Waals surface area (Å²) in [5.74, 6) is -1.23. The van der Waals surface area contributed by atoms with Gasteiger partial charge in [-0.15, -0.1) is 0 Å². The third-order valence-electron chi connectivity index (χ3n) is 4.77. The van der Waals surface area contributed by atoms with Crippen molar-refractivity contribution in [2.24, 2.45) is 5.73 Å². The molecule has 0 spiro atoms. The maximum Gasteiger partial charge on any atom is 0.253 e. The van der Waals surface area contributed by atoms with Crippen LogP contribution >= 0.6 is 0 Å². The fourth-order valence-electron chi connectivity index (χ4n) is 3.29. The number of nitrogens with two attached hydrogens (primary N) is 1. The second-order valence-corrected chi connectivity index (χ2v) is 6.78. The molecule has 1 aliphatic rings. The molecule has 7 heteroatoms. The molecule has 0 bridgehead atoms. The molecule has 0 aromatic heterocycles. The average Bonchev–Trinajstić information content (AvgIpc) is 2.94. The van der Waals surface area contributed by atoms with Gasteiger partial charge in [0.1, 0.15) is 5.82 Å². The summed E-state index contributed by atoms with van der Waals surface area (Å²) >= 11 is 0. The van der Waals surface area contributed by atoms with Crippen molar-refractivity contribution in [2.75, 3.05) is 26.2 Å². The number of amides is 3. The maximum atomic E-state index is 13.3. The van der Waals surface area contributed by atoms with Crippen LogP contribution in [0, 0.1) is 5.82 Å². The van der Waals surface area contributed by atoms with Crippen molar-refractivity contribution in [3.63, 3.8) is 0 Å². The number of benzene rings is 2. The Morgan fingerprint density at radius 1 is 0.893 bits per heavy atom. The van der Waals surface area contributed by atoms with Crippen LogP contribution in [0.15, 0.2) is 48.5 Å². The van der Waals surface area contributed by atoms with E-state index in [1.54, 1.807) is 40.1 Å². The molecule has 1 heterocycles. The highest BCUT2D eigenvalue weighted by molar-refractivity contribution is 5.99. The first-order chi connectivity index (χ1) is 13.4. The van der Waals surface area contributed by atoms with Crippen molar-refractivity contribution < 1.29 is 18.8 Å². The van der Waals surface area contributed by atoms with Gasteiger partial charge < -0.3 is 15.5 Å². The molecule has 0 atom stereocenters. The van der Waals surface area contributed by atoms with Crippen LogP contribution < -0.4 is 5.73 Å². The summed E-state index contributed by atoms with van der Waals surface area (Å²) in [5.41, 5.74) is 6.59. The number of hydrogen-bond donors (Lipinski definition) is 1. The van der Waals surface area contributed by atoms with Crippen molar-refractivity contribution in [1.82, 2.24) is 9.80 Å². The number of halogens is 1. The molecule has 1 aliphatic heterocycles. The summed E-state index contributed by atoms with van der Waals surface area (Å²) in [5, 5.41) is 0. The molecule has 0 unspecified atom stereocenters. The Morgan fingerprint density at radius 3 is 2.32 bits per heavy atom. The largest absolute Gasteiger partial charge is 0.366 e. The van der Waals surface area contributed by atoms with Gasteiger partial charge in [0.25, 0.3) is 5.91 Å². The molecular formula is C21H22FN3O3. The minimum absolute atomic E-state index is 0.0874. The fraction of sp³-hybridized carbons (Fsp3) is 0.286. The number of rotatable bonds is 4. The Balaban J connectivity index is 1.62. The number of nitrogens with zero attached hydrogens (tertiary/aromatic N) is 2. The minimum atomic E-state index is -0.584. The molecule has 3 rings (SSSR count). The zero-order valence-corrected chi connectivity index (χ0v) is 15.4. The van der Waals surface area contributed by atoms with E-state index in [-0.39, 0.29) is 29.6 Å². The Labute approximate surface area is 162 Å². The highest BCUT2D eigenvalue weighted by Crippen LogP contribution is 2.13. The molecule has 2 aromatic carbocycles. The van der Waals surface area contributed by atoms with Crippen LogP contribution in [-0.2, 0) is 11.2 Å². The molecule has 1 fully saturated rings. The molecule has 0 saturated carbocycles. The molecule has 2 aromatic rings. The first-order valence-corrected chi connectivity index (χ1v) is 9.15. The van der Waals surface area contributed by atoms with E-state index in [2.05, 4.69) is 0 Å². The predicted molar refractivity (Wildman–Crippen MR) is 102 cm³/mol. The summed E-state index contributed by atoms with van der Waals surface area (Å²) in [6, 6.07) is 12.3. The van der Waals surface area contributed by atoms with Crippen LogP contribution in [0.3, 0.4) is 0 Å². The van der Waals surface area contributed by atoms with Crippen molar-refractivity contribution in [3.8, 4) is 0 Å². The van der Waals surface area contributed by atoms with Gasteiger partial charge in [-0.05, 0) is 42.3 Å². The van der Waals surface area contributed by atoms with Gasteiger partial charge in [-0.25, -0.2) is 4.39 Å². The first kappa shape index (κ1) is 19.5. The van der Waals surface area contributed by atoms with Gasteiger partial charge in [-0.3, -0.25) is 14.4 Å². The average molecular weight is 383 g/mol. The summed E-state index contributed by atoms with van der Waals surface area (Å²) in [4.78, 5) is 40.0. The van der Waals surface area contributed by atoms with Crippen LogP contribution in [0.5, 0.6) is 0 Å². The zero-order chi connectivity index (χ0) is 20.1. The van der Waals surface area contributed by atoms with E-state index >= 15 is 0 Å². The quantitative estimate of drug-likeness (QED) is 0.874. The maximum absolute atomic E-state index is 13.3. The van der Waals surface area contributed by atoms with Crippen LogP contribution in [0.1, 0.15) is 32.7 Å². The second-order valence-electron chi connectivity index (χ2n) is 6.78.